The minimum Gasteiger partial charge on any atom is -0.493 e. The Labute approximate surface area is 239 Å². The maximum Gasteiger partial charge on any atom is 0.407 e. The van der Waals surface area contributed by atoms with E-state index in [0.717, 1.165) is 18.4 Å². The summed E-state index contributed by atoms with van der Waals surface area (Å²) >= 11 is 0. The van der Waals surface area contributed by atoms with Gasteiger partial charge in [-0.25, -0.2) is 9.78 Å². The van der Waals surface area contributed by atoms with E-state index in [4.69, 9.17) is 24.9 Å². The summed E-state index contributed by atoms with van der Waals surface area (Å²) in [5, 5.41) is 3.84. The number of amides is 1. The zero-order valence-electron chi connectivity index (χ0n) is 23.4. The third-order valence-electron chi connectivity index (χ3n) is 8.23. The fraction of sp³-hybridized carbons (Fsp3) is 0.344. The van der Waals surface area contributed by atoms with Crippen LogP contribution in [0.25, 0.3) is 10.9 Å². The van der Waals surface area contributed by atoms with Crippen molar-refractivity contribution in [3.63, 3.8) is 0 Å². The zero-order valence-corrected chi connectivity index (χ0v) is 23.4. The van der Waals surface area contributed by atoms with E-state index in [1.54, 1.807) is 20.3 Å². The van der Waals surface area contributed by atoms with Crippen LogP contribution in [0, 0.1) is 0 Å². The van der Waals surface area contributed by atoms with Crippen molar-refractivity contribution in [3.8, 4) is 11.5 Å². The van der Waals surface area contributed by atoms with Crippen LogP contribution in [-0.2, 0) is 24.0 Å². The van der Waals surface area contributed by atoms with E-state index >= 15 is 0 Å². The highest BCUT2D eigenvalue weighted by Gasteiger charge is 2.40. The number of benzene rings is 3. The first kappa shape index (κ1) is 26.7. The molecule has 1 saturated heterocycles. The van der Waals surface area contributed by atoms with Crippen molar-refractivity contribution < 1.29 is 19.0 Å². The maximum absolute atomic E-state index is 13.3. The van der Waals surface area contributed by atoms with Gasteiger partial charge in [-0.1, -0.05) is 54.6 Å². The molecule has 41 heavy (non-hydrogen) atoms. The summed E-state index contributed by atoms with van der Waals surface area (Å²) < 4.78 is 17.2. The number of nitrogens with zero attached hydrogens (tertiary/aromatic N) is 3. The molecule has 212 valence electrons. The Hall–Kier alpha value is -4.53. The van der Waals surface area contributed by atoms with Crippen molar-refractivity contribution in [2.24, 2.45) is 0 Å². The second-order valence-corrected chi connectivity index (χ2v) is 10.9. The third-order valence-corrected chi connectivity index (χ3v) is 8.23. The van der Waals surface area contributed by atoms with Gasteiger partial charge in [0.1, 0.15) is 11.4 Å². The molecule has 0 unspecified atom stereocenters. The number of rotatable bonds is 7. The predicted octanol–water partition coefficient (Wildman–Crippen LogP) is 4.70. The molecule has 2 heterocycles. The van der Waals surface area contributed by atoms with Crippen molar-refractivity contribution in [1.29, 1.82) is 0 Å². The average molecular weight is 554 g/mol. The number of hydrogen-bond donors (Lipinski definition) is 2. The standard InChI is InChI=1S/C32H35N5O4/c1-39-27-18-25-26(19-28(27)40-2)35-30(36-29(25)33)37-14-12-32(13-15-37,20-21-8-4-3-5-9-21)41-31(38)34-24-16-22-10-6-7-11-23(22)17-24/h3-11,18-19,24H,12-17,20H2,1-2H3,(H,34,38)(H2,33,35,36). The van der Waals surface area contributed by atoms with Crippen LogP contribution < -0.4 is 25.4 Å². The molecule has 0 saturated carbocycles. The Morgan fingerprint density at radius 2 is 1.59 bits per heavy atom. The number of aromatic nitrogens is 2. The molecule has 9 heteroatoms. The molecule has 4 aromatic rings. The molecule has 9 nitrogen and oxygen atoms in total. The lowest BCUT2D eigenvalue weighted by Gasteiger charge is -2.41. The Morgan fingerprint density at radius 1 is 0.951 bits per heavy atom. The molecule has 0 bridgehead atoms. The third kappa shape index (κ3) is 5.57. The lowest BCUT2D eigenvalue weighted by Crippen LogP contribution is -2.51. The summed E-state index contributed by atoms with van der Waals surface area (Å²) in [5.41, 5.74) is 10.1. The summed E-state index contributed by atoms with van der Waals surface area (Å²) in [6.45, 7) is 1.24. The molecule has 1 aliphatic carbocycles. The summed E-state index contributed by atoms with van der Waals surface area (Å²) in [4.78, 5) is 24.8. The topological polar surface area (TPSA) is 112 Å². The van der Waals surface area contributed by atoms with Crippen LogP contribution in [0.2, 0.25) is 0 Å². The minimum absolute atomic E-state index is 0.0401. The minimum atomic E-state index is -0.646. The maximum atomic E-state index is 13.3. The van der Waals surface area contributed by atoms with E-state index in [-0.39, 0.29) is 12.1 Å². The molecule has 2 aliphatic rings. The van der Waals surface area contributed by atoms with Crippen LogP contribution in [0.3, 0.4) is 0 Å². The van der Waals surface area contributed by atoms with Crippen LogP contribution in [0.4, 0.5) is 16.6 Å². The number of alkyl carbamates (subject to hydrolysis) is 1. The summed E-state index contributed by atoms with van der Waals surface area (Å²) in [7, 11) is 3.17. The lowest BCUT2D eigenvalue weighted by molar-refractivity contribution is -0.00846. The molecule has 3 aromatic carbocycles. The van der Waals surface area contributed by atoms with E-state index in [2.05, 4.69) is 39.5 Å². The Bertz CT molecular complexity index is 1530. The molecule has 0 spiro atoms. The highest BCUT2D eigenvalue weighted by molar-refractivity contribution is 5.91. The zero-order chi connectivity index (χ0) is 28.4. The molecular formula is C32H35N5O4. The van der Waals surface area contributed by atoms with Gasteiger partial charge in [-0.15, -0.1) is 0 Å². The molecule has 3 N–H and O–H groups in total. The molecule has 1 aliphatic heterocycles. The number of piperidine rings is 1. The quantitative estimate of drug-likeness (QED) is 0.339. The fourth-order valence-electron chi connectivity index (χ4n) is 6.06. The lowest BCUT2D eigenvalue weighted by atomic mass is 9.85. The summed E-state index contributed by atoms with van der Waals surface area (Å²) in [6.07, 6.45) is 3.18. The van der Waals surface area contributed by atoms with Gasteiger partial charge in [0.25, 0.3) is 0 Å². The van der Waals surface area contributed by atoms with E-state index in [1.807, 2.05) is 36.4 Å². The number of hydrogen-bond acceptors (Lipinski definition) is 8. The molecule has 1 aromatic heterocycles. The van der Waals surface area contributed by atoms with Gasteiger partial charge in [-0.2, -0.15) is 4.98 Å². The number of carbonyl (C=O) groups is 1. The van der Waals surface area contributed by atoms with Gasteiger partial charge in [0.05, 0.1) is 19.7 Å². The predicted molar refractivity (Wildman–Crippen MR) is 159 cm³/mol. The summed E-state index contributed by atoms with van der Waals surface area (Å²) in [6, 6.07) is 22.2. The molecular weight excluding hydrogens is 518 g/mol. The van der Waals surface area contributed by atoms with Gasteiger partial charge in [-0.05, 0) is 35.6 Å². The van der Waals surface area contributed by atoms with E-state index in [9.17, 15) is 4.79 Å². The number of nitrogen functional groups attached to an aromatic ring is 1. The molecule has 1 amide bonds. The van der Waals surface area contributed by atoms with Gasteiger partial charge in [0.15, 0.2) is 11.5 Å². The van der Waals surface area contributed by atoms with Crippen LogP contribution in [0.5, 0.6) is 11.5 Å². The van der Waals surface area contributed by atoms with Crippen molar-refractivity contribution in [1.82, 2.24) is 15.3 Å². The molecule has 1 fully saturated rings. The van der Waals surface area contributed by atoms with Crippen LogP contribution in [0.1, 0.15) is 29.5 Å². The largest absolute Gasteiger partial charge is 0.493 e. The Kier molecular flexibility index (Phi) is 7.26. The van der Waals surface area contributed by atoms with Gasteiger partial charge in [0, 0.05) is 49.8 Å². The first-order valence-electron chi connectivity index (χ1n) is 14.0. The second kappa shape index (κ2) is 11.2. The number of anilines is 2. The molecule has 6 rings (SSSR count). The van der Waals surface area contributed by atoms with Crippen LogP contribution in [0.15, 0.2) is 66.7 Å². The smallest absolute Gasteiger partial charge is 0.407 e. The van der Waals surface area contributed by atoms with Gasteiger partial charge >= 0.3 is 6.09 Å². The molecule has 0 radical (unpaired) electrons. The van der Waals surface area contributed by atoms with Crippen LogP contribution >= 0.6 is 0 Å². The SMILES string of the molecule is COc1cc2nc(N3CCC(Cc4ccccc4)(OC(=O)NC4Cc5ccccc5C4)CC3)nc(N)c2cc1OC. The van der Waals surface area contributed by atoms with Crippen molar-refractivity contribution in [3.05, 3.63) is 83.4 Å². The first-order valence-corrected chi connectivity index (χ1v) is 14.0. The Balaban J connectivity index is 1.19. The summed E-state index contributed by atoms with van der Waals surface area (Å²) in [5.74, 6) is 2.07. The monoisotopic (exact) mass is 553 g/mol. The number of carbonyl (C=O) groups excluding carboxylic acids is 1. The number of nitrogens with two attached hydrogens (primary N) is 1. The Morgan fingerprint density at radius 3 is 2.24 bits per heavy atom. The van der Waals surface area contributed by atoms with Gasteiger partial charge < -0.3 is 30.2 Å². The van der Waals surface area contributed by atoms with Crippen molar-refractivity contribution in [2.75, 3.05) is 37.9 Å². The van der Waals surface area contributed by atoms with Crippen LogP contribution in [-0.4, -0.2) is 55.0 Å². The fourth-order valence-corrected chi connectivity index (χ4v) is 6.06. The number of fused-ring (bicyclic) bond motifs is 2. The highest BCUT2D eigenvalue weighted by Crippen LogP contribution is 2.36. The normalized spacial score (nSPS) is 16.3. The second-order valence-electron chi connectivity index (χ2n) is 10.9. The van der Waals surface area contributed by atoms with Gasteiger partial charge in [0.2, 0.25) is 5.95 Å². The average Bonchev–Trinajstić information content (AvgIpc) is 3.39. The van der Waals surface area contributed by atoms with E-state index in [1.165, 1.54) is 11.1 Å². The number of ether oxygens (including phenoxy) is 3. The number of methoxy groups -OCH3 is 2. The highest BCUT2D eigenvalue weighted by atomic mass is 16.6. The van der Waals surface area contributed by atoms with E-state index < -0.39 is 5.60 Å². The number of nitrogens with one attached hydrogen (secondary N) is 1. The van der Waals surface area contributed by atoms with E-state index in [0.29, 0.717) is 66.5 Å². The first-order chi connectivity index (χ1) is 19.9. The van der Waals surface area contributed by atoms with Crippen molar-refractivity contribution in [2.45, 2.75) is 43.7 Å². The van der Waals surface area contributed by atoms with Gasteiger partial charge in [-0.3, -0.25) is 0 Å². The van der Waals surface area contributed by atoms with Crippen molar-refractivity contribution >= 4 is 28.8 Å². The molecule has 0 atom stereocenters.